The van der Waals surface area contributed by atoms with Crippen molar-refractivity contribution in [2.24, 2.45) is 5.92 Å². The van der Waals surface area contributed by atoms with Gasteiger partial charge < -0.3 is 5.73 Å². The van der Waals surface area contributed by atoms with E-state index in [2.05, 4.69) is 16.3 Å². The van der Waals surface area contributed by atoms with Gasteiger partial charge in [0.2, 0.25) is 0 Å². The molecule has 0 aliphatic heterocycles. The Labute approximate surface area is 121 Å². The summed E-state index contributed by atoms with van der Waals surface area (Å²) in [6.07, 6.45) is 8.83. The summed E-state index contributed by atoms with van der Waals surface area (Å²) in [5.41, 5.74) is 7.92. The van der Waals surface area contributed by atoms with Crippen molar-refractivity contribution >= 4 is 11.3 Å². The molecule has 2 heterocycles. The Bertz CT molecular complexity index is 565. The number of nitrogen functional groups attached to an aromatic ring is 1. The number of aromatic nitrogens is 3. The zero-order valence-electron chi connectivity index (χ0n) is 13.1. The van der Waals surface area contributed by atoms with E-state index in [-0.39, 0.29) is 0 Å². The van der Waals surface area contributed by atoms with Crippen molar-refractivity contribution in [3.63, 3.8) is 0 Å². The molecule has 0 bridgehead atoms. The summed E-state index contributed by atoms with van der Waals surface area (Å²) in [5, 5.41) is 0. The molecule has 0 unspecified atom stereocenters. The molecule has 1 aliphatic carbocycles. The van der Waals surface area contributed by atoms with Crippen LogP contribution in [0.4, 0.5) is 5.82 Å². The number of hydrogen-bond acceptors (Lipinski definition) is 3. The van der Waals surface area contributed by atoms with Crippen LogP contribution in [0, 0.1) is 12.8 Å². The van der Waals surface area contributed by atoms with E-state index in [1.807, 2.05) is 27.0 Å². The summed E-state index contributed by atoms with van der Waals surface area (Å²) in [5.74, 6) is 3.19. The zero-order chi connectivity index (χ0) is 14.7. The normalized spacial score (nSPS) is 22.4. The fraction of sp³-hybridized carbons (Fsp3) is 0.625. The van der Waals surface area contributed by atoms with Gasteiger partial charge in [0.25, 0.3) is 0 Å². The zero-order valence-corrected chi connectivity index (χ0v) is 13.1. The molecule has 20 heavy (non-hydrogen) atoms. The Balaban J connectivity index is 0.000000704. The lowest BCUT2D eigenvalue weighted by Crippen LogP contribution is -2.13. The second-order valence-corrected chi connectivity index (χ2v) is 5.54. The Morgan fingerprint density at radius 3 is 2.50 bits per heavy atom. The molecule has 1 aliphatic rings. The second kappa shape index (κ2) is 6.25. The molecule has 1 fully saturated rings. The lowest BCUT2D eigenvalue weighted by atomic mass is 9.82. The third-order valence-corrected chi connectivity index (χ3v) is 4.17. The van der Waals surface area contributed by atoms with Gasteiger partial charge in [-0.25, -0.2) is 9.97 Å². The first-order valence-electron chi connectivity index (χ1n) is 7.76. The number of aryl methyl sites for hydroxylation is 1. The lowest BCUT2D eigenvalue weighted by molar-refractivity contribution is 0.339. The lowest BCUT2D eigenvalue weighted by Gasteiger charge is -2.25. The third kappa shape index (κ3) is 2.65. The summed E-state index contributed by atoms with van der Waals surface area (Å²) in [4.78, 5) is 8.90. The van der Waals surface area contributed by atoms with E-state index in [1.54, 1.807) is 6.20 Å². The molecule has 0 aromatic carbocycles. The van der Waals surface area contributed by atoms with Gasteiger partial charge in [0.15, 0.2) is 0 Å². The van der Waals surface area contributed by atoms with E-state index in [9.17, 15) is 0 Å². The number of hydrogen-bond donors (Lipinski definition) is 1. The molecule has 1 saturated carbocycles. The van der Waals surface area contributed by atoms with Gasteiger partial charge in [0.05, 0.1) is 5.69 Å². The number of nitrogens with zero attached hydrogens (tertiary/aromatic N) is 3. The highest BCUT2D eigenvalue weighted by Crippen LogP contribution is 2.36. The van der Waals surface area contributed by atoms with Crippen LogP contribution in [-0.4, -0.2) is 14.4 Å². The van der Waals surface area contributed by atoms with Crippen LogP contribution >= 0.6 is 0 Å². The second-order valence-electron chi connectivity index (χ2n) is 5.54. The minimum Gasteiger partial charge on any atom is -0.382 e. The molecular weight excluding hydrogens is 248 g/mol. The number of fused-ring (bicyclic) bond motifs is 1. The molecule has 2 aromatic rings. The van der Waals surface area contributed by atoms with Gasteiger partial charge in [-0.3, -0.25) is 4.40 Å². The van der Waals surface area contributed by atoms with Crippen molar-refractivity contribution in [2.45, 2.75) is 59.3 Å². The van der Waals surface area contributed by atoms with Crippen LogP contribution in [0.2, 0.25) is 0 Å². The maximum Gasteiger partial charge on any atom is 0.149 e. The topological polar surface area (TPSA) is 56.2 Å². The smallest absolute Gasteiger partial charge is 0.149 e. The summed E-state index contributed by atoms with van der Waals surface area (Å²) in [6.45, 7) is 8.36. The molecular formula is C16H26N4. The average molecular weight is 274 g/mol. The summed E-state index contributed by atoms with van der Waals surface area (Å²) in [7, 11) is 0. The first kappa shape index (κ1) is 14.8. The Morgan fingerprint density at radius 2 is 1.85 bits per heavy atom. The van der Waals surface area contributed by atoms with Crippen LogP contribution in [0.15, 0.2) is 12.4 Å². The minimum absolute atomic E-state index is 0.573. The van der Waals surface area contributed by atoms with Gasteiger partial charge in [-0.1, -0.05) is 33.6 Å². The molecule has 2 N–H and O–H groups in total. The highest BCUT2D eigenvalue weighted by atomic mass is 15.1. The average Bonchev–Trinajstić information content (AvgIpc) is 2.81. The predicted molar refractivity (Wildman–Crippen MR) is 83.9 cm³/mol. The number of rotatable bonds is 1. The Hall–Kier alpha value is -1.58. The highest BCUT2D eigenvalue weighted by Gasteiger charge is 2.24. The summed E-state index contributed by atoms with van der Waals surface area (Å²) < 4.78 is 2.14. The van der Waals surface area contributed by atoms with Crippen molar-refractivity contribution in [1.29, 1.82) is 0 Å². The monoisotopic (exact) mass is 274 g/mol. The molecule has 0 spiro atoms. The van der Waals surface area contributed by atoms with Gasteiger partial charge in [-0.2, -0.15) is 0 Å². The molecule has 3 rings (SSSR count). The van der Waals surface area contributed by atoms with Crippen LogP contribution in [0.5, 0.6) is 0 Å². The number of anilines is 1. The van der Waals surface area contributed by atoms with Crippen LogP contribution in [-0.2, 0) is 0 Å². The van der Waals surface area contributed by atoms with E-state index in [1.165, 1.54) is 31.5 Å². The standard InChI is InChI=1S/C14H20N4.C2H6/c1-9-3-5-11(6-4-9)14-17-10(2)12-13(15)16-7-8-18(12)14;1-2/h7-9,11H,3-6H2,1-2H3,(H2,15,16);1-2H3. The van der Waals surface area contributed by atoms with E-state index in [0.717, 1.165) is 17.1 Å². The fourth-order valence-electron chi connectivity index (χ4n) is 3.07. The summed E-state index contributed by atoms with van der Waals surface area (Å²) >= 11 is 0. The fourth-order valence-corrected chi connectivity index (χ4v) is 3.07. The Kier molecular flexibility index (Phi) is 4.63. The molecule has 0 radical (unpaired) electrons. The van der Waals surface area contributed by atoms with E-state index in [0.29, 0.717) is 11.7 Å². The molecule has 2 aromatic heterocycles. The van der Waals surface area contributed by atoms with Gasteiger partial charge in [-0.15, -0.1) is 0 Å². The van der Waals surface area contributed by atoms with Gasteiger partial charge >= 0.3 is 0 Å². The summed E-state index contributed by atoms with van der Waals surface area (Å²) in [6, 6.07) is 0. The van der Waals surface area contributed by atoms with Crippen LogP contribution in [0.1, 0.15) is 63.9 Å². The number of nitrogens with two attached hydrogens (primary N) is 1. The predicted octanol–water partition coefficient (Wildman–Crippen LogP) is 3.94. The van der Waals surface area contributed by atoms with Crippen molar-refractivity contribution < 1.29 is 0 Å². The van der Waals surface area contributed by atoms with Crippen molar-refractivity contribution in [2.75, 3.05) is 5.73 Å². The molecule has 0 saturated heterocycles. The molecule has 0 atom stereocenters. The quantitative estimate of drug-likeness (QED) is 0.857. The largest absolute Gasteiger partial charge is 0.382 e. The van der Waals surface area contributed by atoms with Crippen molar-refractivity contribution in [3.8, 4) is 0 Å². The van der Waals surface area contributed by atoms with Gasteiger partial charge in [0, 0.05) is 18.3 Å². The molecule has 0 amide bonds. The SMILES string of the molecule is CC.Cc1nc(C2CCC(C)CC2)n2ccnc(N)c12. The molecule has 4 heteroatoms. The first-order valence-corrected chi connectivity index (χ1v) is 7.76. The maximum absolute atomic E-state index is 5.95. The minimum atomic E-state index is 0.573. The first-order chi connectivity index (χ1) is 9.66. The number of imidazole rings is 1. The van der Waals surface area contributed by atoms with Crippen LogP contribution in [0.3, 0.4) is 0 Å². The van der Waals surface area contributed by atoms with E-state index < -0.39 is 0 Å². The van der Waals surface area contributed by atoms with Crippen LogP contribution < -0.4 is 5.73 Å². The van der Waals surface area contributed by atoms with Crippen molar-refractivity contribution in [3.05, 3.63) is 23.9 Å². The van der Waals surface area contributed by atoms with Gasteiger partial charge in [0.1, 0.15) is 17.2 Å². The van der Waals surface area contributed by atoms with Crippen LogP contribution in [0.25, 0.3) is 5.52 Å². The van der Waals surface area contributed by atoms with E-state index >= 15 is 0 Å². The maximum atomic E-state index is 5.95. The Morgan fingerprint density at radius 1 is 1.20 bits per heavy atom. The molecule has 4 nitrogen and oxygen atoms in total. The van der Waals surface area contributed by atoms with Crippen molar-refractivity contribution in [1.82, 2.24) is 14.4 Å². The van der Waals surface area contributed by atoms with E-state index in [4.69, 9.17) is 10.7 Å². The highest BCUT2D eigenvalue weighted by molar-refractivity contribution is 5.68. The van der Waals surface area contributed by atoms with Gasteiger partial charge in [-0.05, 0) is 25.7 Å². The molecule has 110 valence electrons. The third-order valence-electron chi connectivity index (χ3n) is 4.17.